The minimum Gasteiger partial charge on any atom is -0.482 e. The third kappa shape index (κ3) is 4.67. The van der Waals surface area contributed by atoms with Gasteiger partial charge in [-0.25, -0.2) is 10.1 Å². The molecule has 8 heteroatoms. The Balaban J connectivity index is 1.62. The molecule has 3 aromatic rings. The van der Waals surface area contributed by atoms with Crippen molar-refractivity contribution in [1.29, 1.82) is 0 Å². The van der Waals surface area contributed by atoms with Gasteiger partial charge in [0.05, 0.1) is 28.2 Å². The number of hydrogen-bond acceptors (Lipinski definition) is 4. The molecule has 3 rings (SSSR count). The van der Waals surface area contributed by atoms with Crippen LogP contribution in [0.15, 0.2) is 59.7 Å². The van der Waals surface area contributed by atoms with E-state index in [1.807, 2.05) is 37.3 Å². The number of nitrogens with one attached hydrogen (secondary N) is 1. The van der Waals surface area contributed by atoms with Crippen LogP contribution in [0.3, 0.4) is 0 Å². The van der Waals surface area contributed by atoms with Gasteiger partial charge in [0.2, 0.25) is 0 Å². The van der Waals surface area contributed by atoms with Gasteiger partial charge in [0.15, 0.2) is 6.61 Å². The standard InChI is InChI=1S/C19H16Cl2N4O2/c1-13-15(19(21)25(24-13)14-7-3-2-4-8-14)11-22-23-18(26)12-27-17-10-6-5-9-16(17)20/h2-11H,12H2,1H3,(H,23,26)/b22-11-. The molecule has 1 N–H and O–H groups in total. The monoisotopic (exact) mass is 402 g/mol. The summed E-state index contributed by atoms with van der Waals surface area (Å²) in [7, 11) is 0. The summed E-state index contributed by atoms with van der Waals surface area (Å²) >= 11 is 12.4. The molecule has 0 radical (unpaired) electrons. The van der Waals surface area contributed by atoms with E-state index in [2.05, 4.69) is 15.6 Å². The number of aromatic nitrogens is 2. The molecular weight excluding hydrogens is 387 g/mol. The number of ether oxygens (including phenoxy) is 1. The number of carbonyl (C=O) groups is 1. The molecular formula is C19H16Cl2N4O2. The first-order valence-corrected chi connectivity index (χ1v) is 8.81. The second kappa shape index (κ2) is 8.70. The van der Waals surface area contributed by atoms with E-state index in [1.165, 1.54) is 6.21 Å². The first-order chi connectivity index (χ1) is 13.1. The van der Waals surface area contributed by atoms with Crippen LogP contribution in [0.4, 0.5) is 0 Å². The molecule has 2 aromatic carbocycles. The third-order valence-corrected chi connectivity index (χ3v) is 4.30. The van der Waals surface area contributed by atoms with E-state index in [9.17, 15) is 4.79 Å². The Hall–Kier alpha value is -2.83. The number of hydrazone groups is 1. The van der Waals surface area contributed by atoms with E-state index >= 15 is 0 Å². The van der Waals surface area contributed by atoms with Crippen molar-refractivity contribution >= 4 is 35.3 Å². The molecule has 0 unspecified atom stereocenters. The van der Waals surface area contributed by atoms with Crippen molar-refractivity contribution in [3.63, 3.8) is 0 Å². The van der Waals surface area contributed by atoms with Gasteiger partial charge < -0.3 is 4.74 Å². The quantitative estimate of drug-likeness (QED) is 0.500. The van der Waals surface area contributed by atoms with Crippen molar-refractivity contribution in [3.8, 4) is 11.4 Å². The molecule has 0 atom stereocenters. The van der Waals surface area contributed by atoms with Crippen LogP contribution in [0, 0.1) is 6.92 Å². The smallest absolute Gasteiger partial charge is 0.277 e. The number of rotatable bonds is 6. The highest BCUT2D eigenvalue weighted by Crippen LogP contribution is 2.23. The molecule has 0 aliphatic rings. The summed E-state index contributed by atoms with van der Waals surface area (Å²) < 4.78 is 6.96. The second-order valence-corrected chi connectivity index (χ2v) is 6.31. The van der Waals surface area contributed by atoms with Crippen LogP contribution in [0.2, 0.25) is 10.2 Å². The number of hydrogen-bond donors (Lipinski definition) is 1. The average molecular weight is 403 g/mol. The predicted octanol–water partition coefficient (Wildman–Crippen LogP) is 4.02. The molecule has 0 aliphatic heterocycles. The van der Waals surface area contributed by atoms with E-state index in [-0.39, 0.29) is 6.61 Å². The van der Waals surface area contributed by atoms with Crippen LogP contribution in [-0.4, -0.2) is 28.5 Å². The highest BCUT2D eigenvalue weighted by atomic mass is 35.5. The van der Waals surface area contributed by atoms with Gasteiger partial charge in [-0.2, -0.15) is 10.2 Å². The number of para-hydroxylation sites is 2. The molecule has 0 fully saturated rings. The average Bonchev–Trinajstić information content (AvgIpc) is 2.96. The van der Waals surface area contributed by atoms with Crippen LogP contribution >= 0.6 is 23.2 Å². The fraction of sp³-hybridized carbons (Fsp3) is 0.105. The largest absolute Gasteiger partial charge is 0.482 e. The van der Waals surface area contributed by atoms with Gasteiger partial charge in [-0.3, -0.25) is 4.79 Å². The molecule has 6 nitrogen and oxygen atoms in total. The van der Waals surface area contributed by atoms with Gasteiger partial charge in [0.25, 0.3) is 5.91 Å². The van der Waals surface area contributed by atoms with Crippen LogP contribution in [-0.2, 0) is 4.79 Å². The van der Waals surface area contributed by atoms with Gasteiger partial charge in [0, 0.05) is 0 Å². The fourth-order valence-corrected chi connectivity index (χ4v) is 2.82. The second-order valence-electron chi connectivity index (χ2n) is 5.55. The fourth-order valence-electron chi connectivity index (χ4n) is 2.30. The summed E-state index contributed by atoms with van der Waals surface area (Å²) in [5, 5.41) is 9.18. The van der Waals surface area contributed by atoms with Crippen LogP contribution in [0.25, 0.3) is 5.69 Å². The molecule has 1 heterocycles. The molecule has 0 spiro atoms. The number of amides is 1. The molecule has 0 saturated heterocycles. The van der Waals surface area contributed by atoms with E-state index in [4.69, 9.17) is 27.9 Å². The summed E-state index contributed by atoms with van der Waals surface area (Å²) in [4.78, 5) is 11.9. The number of carbonyl (C=O) groups excluding carboxylic acids is 1. The lowest BCUT2D eigenvalue weighted by atomic mass is 10.3. The molecule has 0 aliphatic carbocycles. The van der Waals surface area contributed by atoms with Crippen molar-refractivity contribution in [1.82, 2.24) is 15.2 Å². The number of halogens is 2. The summed E-state index contributed by atoms with van der Waals surface area (Å²) in [5.74, 6) is 0.0109. The van der Waals surface area contributed by atoms with Gasteiger partial charge in [-0.1, -0.05) is 53.5 Å². The Morgan fingerprint density at radius 2 is 1.89 bits per heavy atom. The lowest BCUT2D eigenvalue weighted by molar-refractivity contribution is -0.123. The normalized spacial score (nSPS) is 10.9. The molecule has 138 valence electrons. The first-order valence-electron chi connectivity index (χ1n) is 8.06. The van der Waals surface area contributed by atoms with Crippen molar-refractivity contribution in [2.24, 2.45) is 5.10 Å². The molecule has 27 heavy (non-hydrogen) atoms. The maximum Gasteiger partial charge on any atom is 0.277 e. The topological polar surface area (TPSA) is 68.5 Å². The third-order valence-electron chi connectivity index (χ3n) is 3.63. The maximum atomic E-state index is 11.9. The van der Waals surface area contributed by atoms with Crippen LogP contribution in [0.5, 0.6) is 5.75 Å². The van der Waals surface area contributed by atoms with Crippen molar-refractivity contribution in [3.05, 3.63) is 76.0 Å². The summed E-state index contributed by atoms with van der Waals surface area (Å²) in [6.45, 7) is 1.60. The Morgan fingerprint density at radius 3 is 2.63 bits per heavy atom. The Morgan fingerprint density at radius 1 is 1.19 bits per heavy atom. The zero-order valence-corrected chi connectivity index (χ0v) is 15.9. The van der Waals surface area contributed by atoms with Gasteiger partial charge in [0.1, 0.15) is 10.9 Å². The molecule has 0 bridgehead atoms. The summed E-state index contributed by atoms with van der Waals surface area (Å²) in [6.07, 6.45) is 1.46. The minimum absolute atomic E-state index is 0.211. The number of nitrogens with zero attached hydrogens (tertiary/aromatic N) is 3. The van der Waals surface area contributed by atoms with Crippen LogP contribution < -0.4 is 10.2 Å². The summed E-state index contributed by atoms with van der Waals surface area (Å²) in [5.41, 5.74) is 4.53. The molecule has 0 saturated carbocycles. The van der Waals surface area contributed by atoms with E-state index in [1.54, 1.807) is 28.9 Å². The highest BCUT2D eigenvalue weighted by molar-refractivity contribution is 6.32. The SMILES string of the molecule is Cc1nn(-c2ccccc2)c(Cl)c1/C=N\NC(=O)COc1ccccc1Cl. The maximum absolute atomic E-state index is 11.9. The minimum atomic E-state index is -0.421. The van der Waals surface area contributed by atoms with Crippen molar-refractivity contribution in [2.45, 2.75) is 6.92 Å². The van der Waals surface area contributed by atoms with E-state index < -0.39 is 5.91 Å². The highest BCUT2D eigenvalue weighted by Gasteiger charge is 2.13. The zero-order valence-electron chi connectivity index (χ0n) is 14.4. The Labute approximate surface area is 166 Å². The van der Waals surface area contributed by atoms with Crippen molar-refractivity contribution in [2.75, 3.05) is 6.61 Å². The number of aryl methyl sites for hydroxylation is 1. The van der Waals surface area contributed by atoms with Crippen LogP contribution in [0.1, 0.15) is 11.3 Å². The van der Waals surface area contributed by atoms with Gasteiger partial charge >= 0.3 is 0 Å². The van der Waals surface area contributed by atoms with Gasteiger partial charge in [-0.15, -0.1) is 0 Å². The lowest BCUT2D eigenvalue weighted by Crippen LogP contribution is -2.24. The van der Waals surface area contributed by atoms with E-state index in [0.29, 0.717) is 27.2 Å². The number of benzene rings is 2. The van der Waals surface area contributed by atoms with E-state index in [0.717, 1.165) is 5.69 Å². The Bertz CT molecular complexity index is 971. The Kier molecular flexibility index (Phi) is 6.11. The first kappa shape index (κ1) is 18.9. The predicted molar refractivity (Wildman–Crippen MR) is 106 cm³/mol. The molecule has 1 amide bonds. The molecule has 1 aromatic heterocycles. The van der Waals surface area contributed by atoms with Gasteiger partial charge in [-0.05, 0) is 31.2 Å². The lowest BCUT2D eigenvalue weighted by Gasteiger charge is -2.06. The van der Waals surface area contributed by atoms with Crippen molar-refractivity contribution < 1.29 is 9.53 Å². The zero-order chi connectivity index (χ0) is 19.2. The summed E-state index contributed by atoms with van der Waals surface area (Å²) in [6, 6.07) is 16.4.